The molecule has 1 aliphatic carbocycles. The lowest BCUT2D eigenvalue weighted by molar-refractivity contribution is -0.139. The molecule has 1 aromatic rings. The molecule has 142 valence electrons. The summed E-state index contributed by atoms with van der Waals surface area (Å²) in [5.74, 6) is -0.575. The molecule has 1 saturated heterocycles. The third kappa shape index (κ3) is 4.59. The molecular weight excluding hydrogens is 338 g/mol. The van der Waals surface area contributed by atoms with Gasteiger partial charge in [0, 0.05) is 19.5 Å². The molecule has 3 rings (SSSR count). The Morgan fingerprint density at radius 1 is 1.23 bits per heavy atom. The summed E-state index contributed by atoms with van der Waals surface area (Å²) in [6, 6.07) is 0. The average Bonchev–Trinajstić information content (AvgIpc) is 3.12. The molecule has 2 aliphatic rings. The lowest BCUT2D eigenvalue weighted by Crippen LogP contribution is -2.47. The van der Waals surface area contributed by atoms with E-state index in [1.54, 1.807) is 0 Å². The normalized spacial score (nSPS) is 21.6. The zero-order chi connectivity index (χ0) is 18.5. The summed E-state index contributed by atoms with van der Waals surface area (Å²) >= 11 is 0. The molecule has 9 nitrogen and oxygen atoms in total. The quantitative estimate of drug-likeness (QED) is 0.761. The van der Waals surface area contributed by atoms with Gasteiger partial charge in [0.2, 0.25) is 11.8 Å². The predicted octanol–water partition coefficient (Wildman–Crippen LogP) is 0.604. The second-order valence-electron chi connectivity index (χ2n) is 7.14. The van der Waals surface area contributed by atoms with Crippen molar-refractivity contribution in [1.29, 1.82) is 0 Å². The number of hydrogen-bond acceptors (Lipinski definition) is 6. The Morgan fingerprint density at radius 3 is 2.69 bits per heavy atom. The predicted molar refractivity (Wildman–Crippen MR) is 90.5 cm³/mol. The van der Waals surface area contributed by atoms with Crippen molar-refractivity contribution < 1.29 is 18.9 Å². The van der Waals surface area contributed by atoms with Crippen LogP contribution in [0.5, 0.6) is 0 Å². The first-order valence-corrected chi connectivity index (χ1v) is 9.21. The van der Waals surface area contributed by atoms with Crippen molar-refractivity contribution in [1.82, 2.24) is 20.4 Å². The number of primary amides is 1. The van der Waals surface area contributed by atoms with E-state index in [0.29, 0.717) is 25.3 Å². The van der Waals surface area contributed by atoms with Crippen LogP contribution >= 0.6 is 0 Å². The third-order valence-electron chi connectivity index (χ3n) is 5.17. The summed E-state index contributed by atoms with van der Waals surface area (Å²) in [5.41, 5.74) is 5.05. The molecule has 2 fully saturated rings. The number of rotatable bonds is 6. The van der Waals surface area contributed by atoms with Crippen LogP contribution in [0.2, 0.25) is 0 Å². The van der Waals surface area contributed by atoms with E-state index in [2.05, 4.69) is 20.0 Å². The molecule has 2 heterocycles. The molecule has 1 aliphatic heterocycles. The molecule has 1 saturated carbocycles. The summed E-state index contributed by atoms with van der Waals surface area (Å²) in [5, 5.41) is 6.34. The van der Waals surface area contributed by atoms with E-state index < -0.39 is 5.91 Å². The first kappa shape index (κ1) is 18.3. The van der Waals surface area contributed by atoms with Crippen LogP contribution in [-0.2, 0) is 16.1 Å². The summed E-state index contributed by atoms with van der Waals surface area (Å²) in [4.78, 5) is 41.2. The Balaban J connectivity index is 1.50. The SMILES string of the molecule is NC(=O)c1nc(CNC(=O)[C@@H]2CCC(=O)N(CC3CCCCC3)C2)no1. The Hall–Kier alpha value is -2.45. The molecule has 9 heteroatoms. The molecule has 3 amide bonds. The van der Waals surface area contributed by atoms with Crippen LogP contribution in [-0.4, -0.2) is 45.9 Å². The van der Waals surface area contributed by atoms with E-state index in [1.807, 2.05) is 4.90 Å². The van der Waals surface area contributed by atoms with Gasteiger partial charge in [-0.05, 0) is 25.2 Å². The zero-order valence-electron chi connectivity index (χ0n) is 14.8. The van der Waals surface area contributed by atoms with E-state index >= 15 is 0 Å². The van der Waals surface area contributed by atoms with Gasteiger partial charge >= 0.3 is 11.8 Å². The minimum Gasteiger partial charge on any atom is -0.361 e. The van der Waals surface area contributed by atoms with E-state index in [9.17, 15) is 14.4 Å². The zero-order valence-corrected chi connectivity index (χ0v) is 14.8. The number of amides is 3. The van der Waals surface area contributed by atoms with Gasteiger partial charge in [0.1, 0.15) is 0 Å². The second-order valence-corrected chi connectivity index (χ2v) is 7.14. The van der Waals surface area contributed by atoms with Crippen molar-refractivity contribution in [3.8, 4) is 0 Å². The Labute approximate surface area is 151 Å². The van der Waals surface area contributed by atoms with Crippen LogP contribution in [0.15, 0.2) is 4.52 Å². The lowest BCUT2D eigenvalue weighted by atomic mass is 9.87. The second kappa shape index (κ2) is 8.29. The maximum atomic E-state index is 12.4. The molecule has 0 aromatic carbocycles. The molecule has 0 unspecified atom stereocenters. The van der Waals surface area contributed by atoms with Crippen LogP contribution in [0.25, 0.3) is 0 Å². The van der Waals surface area contributed by atoms with E-state index in [0.717, 1.165) is 6.54 Å². The summed E-state index contributed by atoms with van der Waals surface area (Å²) < 4.78 is 4.68. The number of nitrogens with two attached hydrogens (primary N) is 1. The first-order valence-electron chi connectivity index (χ1n) is 9.21. The van der Waals surface area contributed by atoms with Crippen LogP contribution in [0.1, 0.15) is 61.5 Å². The van der Waals surface area contributed by atoms with Gasteiger partial charge in [-0.15, -0.1) is 0 Å². The number of hydrogen-bond donors (Lipinski definition) is 2. The van der Waals surface area contributed by atoms with Crippen molar-refractivity contribution in [3.05, 3.63) is 11.7 Å². The van der Waals surface area contributed by atoms with E-state index in [1.165, 1.54) is 32.1 Å². The highest BCUT2D eigenvalue weighted by molar-refractivity contribution is 5.87. The number of aromatic nitrogens is 2. The number of carbonyl (C=O) groups is 3. The van der Waals surface area contributed by atoms with Gasteiger partial charge in [0.25, 0.3) is 0 Å². The van der Waals surface area contributed by atoms with Crippen molar-refractivity contribution in [2.24, 2.45) is 17.6 Å². The van der Waals surface area contributed by atoms with E-state index in [-0.39, 0.29) is 36.0 Å². The molecular formula is C17H25N5O4. The van der Waals surface area contributed by atoms with Crippen molar-refractivity contribution in [2.75, 3.05) is 13.1 Å². The molecule has 0 bridgehead atoms. The van der Waals surface area contributed by atoms with Crippen LogP contribution in [0.3, 0.4) is 0 Å². The fraction of sp³-hybridized carbons (Fsp3) is 0.706. The molecule has 3 N–H and O–H groups in total. The van der Waals surface area contributed by atoms with Crippen molar-refractivity contribution in [2.45, 2.75) is 51.5 Å². The van der Waals surface area contributed by atoms with Gasteiger partial charge in [-0.3, -0.25) is 14.4 Å². The van der Waals surface area contributed by atoms with Crippen LogP contribution in [0.4, 0.5) is 0 Å². The van der Waals surface area contributed by atoms with Crippen molar-refractivity contribution >= 4 is 17.7 Å². The molecule has 0 radical (unpaired) electrons. The Kier molecular flexibility index (Phi) is 5.85. The summed E-state index contributed by atoms with van der Waals surface area (Å²) in [7, 11) is 0. The first-order chi connectivity index (χ1) is 12.5. The average molecular weight is 363 g/mol. The number of carbonyl (C=O) groups excluding carboxylic acids is 3. The molecule has 26 heavy (non-hydrogen) atoms. The highest BCUT2D eigenvalue weighted by Crippen LogP contribution is 2.27. The van der Waals surface area contributed by atoms with E-state index in [4.69, 9.17) is 5.73 Å². The fourth-order valence-corrected chi connectivity index (χ4v) is 3.72. The van der Waals surface area contributed by atoms with Gasteiger partial charge < -0.3 is 20.5 Å². The minimum atomic E-state index is -0.806. The highest BCUT2D eigenvalue weighted by Gasteiger charge is 2.31. The monoisotopic (exact) mass is 363 g/mol. The Morgan fingerprint density at radius 2 is 2.00 bits per heavy atom. The number of nitrogens with zero attached hydrogens (tertiary/aromatic N) is 3. The minimum absolute atomic E-state index is 0.0582. The Bertz CT molecular complexity index is 668. The van der Waals surface area contributed by atoms with Gasteiger partial charge in [-0.2, -0.15) is 4.98 Å². The fourth-order valence-electron chi connectivity index (χ4n) is 3.72. The molecule has 1 atom stereocenters. The molecule has 0 spiro atoms. The van der Waals surface area contributed by atoms with Gasteiger partial charge in [-0.1, -0.05) is 24.4 Å². The number of likely N-dealkylation sites (tertiary alicyclic amines) is 1. The number of piperidine rings is 1. The lowest BCUT2D eigenvalue weighted by Gasteiger charge is -2.35. The smallest absolute Gasteiger partial charge is 0.315 e. The number of nitrogens with one attached hydrogen (secondary N) is 1. The summed E-state index contributed by atoms with van der Waals surface area (Å²) in [6.45, 7) is 1.28. The topological polar surface area (TPSA) is 131 Å². The largest absolute Gasteiger partial charge is 0.361 e. The van der Waals surface area contributed by atoms with Gasteiger partial charge in [0.05, 0.1) is 12.5 Å². The third-order valence-corrected chi connectivity index (χ3v) is 5.17. The van der Waals surface area contributed by atoms with Crippen LogP contribution < -0.4 is 11.1 Å². The highest BCUT2D eigenvalue weighted by atomic mass is 16.5. The van der Waals surface area contributed by atoms with Crippen molar-refractivity contribution in [3.63, 3.8) is 0 Å². The molecule has 1 aromatic heterocycles. The van der Waals surface area contributed by atoms with Gasteiger partial charge in [0.15, 0.2) is 5.82 Å². The maximum Gasteiger partial charge on any atom is 0.315 e. The summed E-state index contributed by atoms with van der Waals surface area (Å²) in [6.07, 6.45) is 7.02. The standard InChI is InChI=1S/C17H25N5O4/c18-15(24)17-20-13(21-26-17)8-19-16(25)12-6-7-14(23)22(10-12)9-11-4-2-1-3-5-11/h11-12H,1-10H2,(H2,18,24)(H,19,25)/t12-/m1/s1. The van der Waals surface area contributed by atoms with Gasteiger partial charge in [-0.25, -0.2) is 0 Å². The maximum absolute atomic E-state index is 12.4. The van der Waals surface area contributed by atoms with Crippen LogP contribution in [0, 0.1) is 11.8 Å².